The van der Waals surface area contributed by atoms with Gasteiger partial charge >= 0.3 is 11.6 Å². The third-order valence-corrected chi connectivity index (χ3v) is 4.42. The van der Waals surface area contributed by atoms with Crippen LogP contribution in [-0.4, -0.2) is 22.8 Å². The van der Waals surface area contributed by atoms with E-state index in [2.05, 4.69) is 0 Å². The SMILES string of the molecule is C/C=C(/C)C(=O)OC(C)(C)C1Oc2ccc3ccc(=O)oc3c2C1O. The van der Waals surface area contributed by atoms with E-state index in [-0.39, 0.29) is 5.58 Å². The predicted molar refractivity (Wildman–Crippen MR) is 91.5 cm³/mol. The molecule has 1 aromatic heterocycles. The average Bonchev–Trinajstić information content (AvgIpc) is 2.91. The molecule has 0 aliphatic carbocycles. The first-order chi connectivity index (χ1) is 11.7. The molecule has 1 aliphatic heterocycles. The van der Waals surface area contributed by atoms with Gasteiger partial charge in [0, 0.05) is 17.0 Å². The van der Waals surface area contributed by atoms with E-state index in [1.165, 1.54) is 6.07 Å². The molecule has 0 saturated carbocycles. The van der Waals surface area contributed by atoms with Crippen LogP contribution in [0.25, 0.3) is 11.0 Å². The molecule has 3 rings (SSSR count). The second-order valence-electron chi connectivity index (χ2n) is 6.60. The zero-order valence-electron chi connectivity index (χ0n) is 14.5. The molecule has 25 heavy (non-hydrogen) atoms. The zero-order valence-corrected chi connectivity index (χ0v) is 14.5. The highest BCUT2D eigenvalue weighted by molar-refractivity contribution is 5.88. The Labute approximate surface area is 144 Å². The number of esters is 1. The van der Waals surface area contributed by atoms with Crippen LogP contribution in [0.3, 0.4) is 0 Å². The largest absolute Gasteiger partial charge is 0.483 e. The van der Waals surface area contributed by atoms with E-state index >= 15 is 0 Å². The topological polar surface area (TPSA) is 86.0 Å². The molecule has 0 bridgehead atoms. The summed E-state index contributed by atoms with van der Waals surface area (Å²) in [7, 11) is 0. The van der Waals surface area contributed by atoms with Gasteiger partial charge in [0.15, 0.2) is 6.10 Å². The van der Waals surface area contributed by atoms with Gasteiger partial charge in [-0.25, -0.2) is 9.59 Å². The van der Waals surface area contributed by atoms with Crippen molar-refractivity contribution in [3.8, 4) is 5.75 Å². The first-order valence-electron chi connectivity index (χ1n) is 8.02. The summed E-state index contributed by atoms with van der Waals surface area (Å²) in [6.45, 7) is 6.74. The third kappa shape index (κ3) is 2.93. The van der Waals surface area contributed by atoms with Gasteiger partial charge in [0.25, 0.3) is 0 Å². The molecule has 2 aromatic rings. The number of hydrogen-bond donors (Lipinski definition) is 1. The molecule has 1 N–H and O–H groups in total. The van der Waals surface area contributed by atoms with Crippen molar-refractivity contribution in [3.63, 3.8) is 0 Å². The van der Waals surface area contributed by atoms with Gasteiger partial charge < -0.3 is 19.0 Å². The fraction of sp³-hybridized carbons (Fsp3) is 0.368. The highest BCUT2D eigenvalue weighted by Gasteiger charge is 2.47. The fourth-order valence-electron chi connectivity index (χ4n) is 2.89. The number of allylic oxidation sites excluding steroid dienone is 1. The Balaban J connectivity index is 1.98. The van der Waals surface area contributed by atoms with Crippen molar-refractivity contribution in [2.24, 2.45) is 0 Å². The van der Waals surface area contributed by atoms with Crippen LogP contribution >= 0.6 is 0 Å². The lowest BCUT2D eigenvalue weighted by molar-refractivity contribution is -0.165. The number of fused-ring (bicyclic) bond motifs is 3. The summed E-state index contributed by atoms with van der Waals surface area (Å²) < 4.78 is 16.6. The first-order valence-corrected chi connectivity index (χ1v) is 8.02. The van der Waals surface area contributed by atoms with E-state index < -0.39 is 29.4 Å². The molecule has 0 amide bonds. The molecule has 2 heterocycles. The highest BCUT2D eigenvalue weighted by atomic mass is 16.6. The Bertz CT molecular complexity index is 921. The first kappa shape index (κ1) is 17.2. The summed E-state index contributed by atoms with van der Waals surface area (Å²) in [6, 6.07) is 6.40. The van der Waals surface area contributed by atoms with Crippen molar-refractivity contribution in [1.29, 1.82) is 0 Å². The van der Waals surface area contributed by atoms with Crippen molar-refractivity contribution < 1.29 is 23.8 Å². The number of aliphatic hydroxyl groups excluding tert-OH is 1. The second-order valence-corrected chi connectivity index (χ2v) is 6.60. The molecule has 132 valence electrons. The lowest BCUT2D eigenvalue weighted by Gasteiger charge is -2.32. The normalized spacial score (nSPS) is 20.3. The molecule has 6 nitrogen and oxygen atoms in total. The molecule has 1 aliphatic rings. The maximum absolute atomic E-state index is 12.1. The predicted octanol–water partition coefficient (Wildman–Crippen LogP) is 2.88. The Morgan fingerprint density at radius 1 is 1.28 bits per heavy atom. The second kappa shape index (κ2) is 6.04. The lowest BCUT2D eigenvalue weighted by Crippen LogP contribution is -2.45. The minimum absolute atomic E-state index is 0.284. The molecule has 6 heteroatoms. The lowest BCUT2D eigenvalue weighted by atomic mass is 9.93. The van der Waals surface area contributed by atoms with Gasteiger partial charge in [-0.3, -0.25) is 0 Å². The van der Waals surface area contributed by atoms with E-state index in [0.717, 1.165) is 0 Å². The monoisotopic (exact) mass is 344 g/mol. The number of benzene rings is 1. The van der Waals surface area contributed by atoms with Gasteiger partial charge in [-0.05, 0) is 45.9 Å². The van der Waals surface area contributed by atoms with Crippen LogP contribution in [0, 0.1) is 0 Å². The van der Waals surface area contributed by atoms with E-state index in [9.17, 15) is 14.7 Å². The average molecular weight is 344 g/mol. The Morgan fingerprint density at radius 3 is 2.64 bits per heavy atom. The maximum atomic E-state index is 12.1. The van der Waals surface area contributed by atoms with Gasteiger partial charge in [-0.15, -0.1) is 0 Å². The summed E-state index contributed by atoms with van der Waals surface area (Å²) in [5, 5.41) is 11.5. The van der Waals surface area contributed by atoms with E-state index in [4.69, 9.17) is 13.9 Å². The fourth-order valence-corrected chi connectivity index (χ4v) is 2.89. The summed E-state index contributed by atoms with van der Waals surface area (Å²) in [5.74, 6) is -0.0677. The minimum Gasteiger partial charge on any atom is -0.483 e. The number of hydrogen-bond acceptors (Lipinski definition) is 6. The van der Waals surface area contributed by atoms with Gasteiger partial charge in [0.2, 0.25) is 0 Å². The van der Waals surface area contributed by atoms with Crippen LogP contribution in [0.5, 0.6) is 5.75 Å². The number of carbonyl (C=O) groups excluding carboxylic acids is 1. The quantitative estimate of drug-likeness (QED) is 0.523. The molecule has 0 radical (unpaired) electrons. The van der Waals surface area contributed by atoms with Gasteiger partial charge in [0.1, 0.15) is 23.0 Å². The van der Waals surface area contributed by atoms with Crippen LogP contribution in [0.2, 0.25) is 0 Å². The zero-order chi connectivity index (χ0) is 18.4. The highest BCUT2D eigenvalue weighted by Crippen LogP contribution is 2.45. The third-order valence-electron chi connectivity index (χ3n) is 4.42. The van der Waals surface area contributed by atoms with Crippen molar-refractivity contribution in [3.05, 3.63) is 51.9 Å². The van der Waals surface area contributed by atoms with Crippen LogP contribution in [-0.2, 0) is 9.53 Å². The van der Waals surface area contributed by atoms with Crippen molar-refractivity contribution in [2.75, 3.05) is 0 Å². The molecule has 2 unspecified atom stereocenters. The standard InChI is InChI=1S/C19H20O6/c1-5-10(2)18(22)25-19(3,4)17-15(21)14-12(23-17)8-6-11-7-9-13(20)24-16(11)14/h5-9,15,17,21H,1-4H3/b10-5-. The van der Waals surface area contributed by atoms with E-state index in [1.54, 1.807) is 52.0 Å². The van der Waals surface area contributed by atoms with Crippen LogP contribution < -0.4 is 10.4 Å². The molecule has 0 fully saturated rings. The van der Waals surface area contributed by atoms with Crippen LogP contribution in [0.4, 0.5) is 0 Å². The Morgan fingerprint density at radius 2 is 1.96 bits per heavy atom. The molecule has 1 aromatic carbocycles. The van der Waals surface area contributed by atoms with Gasteiger partial charge in [0.05, 0.1) is 5.56 Å². The molecular weight excluding hydrogens is 324 g/mol. The molecule has 0 spiro atoms. The number of ether oxygens (including phenoxy) is 2. The summed E-state index contributed by atoms with van der Waals surface area (Å²) in [6.07, 6.45) is -0.272. The van der Waals surface area contributed by atoms with Crippen molar-refractivity contribution in [2.45, 2.75) is 45.5 Å². The summed E-state index contributed by atoms with van der Waals surface area (Å²) in [5.41, 5.74) is -0.458. The summed E-state index contributed by atoms with van der Waals surface area (Å²) >= 11 is 0. The van der Waals surface area contributed by atoms with Crippen LogP contribution in [0.1, 0.15) is 39.4 Å². The van der Waals surface area contributed by atoms with Crippen molar-refractivity contribution in [1.82, 2.24) is 0 Å². The number of aliphatic hydroxyl groups is 1. The van der Waals surface area contributed by atoms with E-state index in [0.29, 0.717) is 22.3 Å². The van der Waals surface area contributed by atoms with Gasteiger partial charge in [-0.2, -0.15) is 0 Å². The molecule has 0 saturated heterocycles. The van der Waals surface area contributed by atoms with Gasteiger partial charge in [-0.1, -0.05) is 6.08 Å². The van der Waals surface area contributed by atoms with Crippen molar-refractivity contribution >= 4 is 16.9 Å². The molecule has 2 atom stereocenters. The minimum atomic E-state index is -1.10. The Kier molecular flexibility index (Phi) is 4.16. The Hall–Kier alpha value is -2.60. The smallest absolute Gasteiger partial charge is 0.336 e. The number of rotatable bonds is 3. The molecular formula is C19H20O6. The summed E-state index contributed by atoms with van der Waals surface area (Å²) in [4.78, 5) is 23.7. The van der Waals surface area contributed by atoms with Crippen LogP contribution in [0.15, 0.2) is 45.1 Å². The maximum Gasteiger partial charge on any atom is 0.336 e. The van der Waals surface area contributed by atoms with E-state index in [1.807, 2.05) is 0 Å². The number of carbonyl (C=O) groups is 1.